The summed E-state index contributed by atoms with van der Waals surface area (Å²) in [4.78, 5) is 23.5. The smallest absolute Gasteiger partial charge is 0.393 e. The molecule has 1 aromatic carbocycles. The molecule has 5 heterocycles. The number of benzene rings is 1. The van der Waals surface area contributed by atoms with Gasteiger partial charge in [-0.05, 0) is 43.0 Å². The number of hydrogen-bond donors (Lipinski definition) is 1. The predicted octanol–water partition coefficient (Wildman–Crippen LogP) is 5.60. The molecule has 10 nitrogen and oxygen atoms in total. The molecule has 0 unspecified atom stereocenters. The van der Waals surface area contributed by atoms with Crippen molar-refractivity contribution in [3.8, 4) is 11.1 Å². The van der Waals surface area contributed by atoms with Gasteiger partial charge in [0.2, 0.25) is 11.9 Å². The predicted molar refractivity (Wildman–Crippen MR) is 162 cm³/mol. The number of nitrogens with zero attached hydrogens (tertiary/aromatic N) is 9. The van der Waals surface area contributed by atoms with Gasteiger partial charge in [0.25, 0.3) is 0 Å². The summed E-state index contributed by atoms with van der Waals surface area (Å²) in [7, 11) is 1.75. The Kier molecular flexibility index (Phi) is 8.91. The minimum Gasteiger partial charge on any atom is -0.393 e. The molecule has 0 bridgehead atoms. The largest absolute Gasteiger partial charge is 0.416 e. The number of aromatic nitrogens is 6. The molecule has 2 aliphatic rings. The van der Waals surface area contributed by atoms with Crippen molar-refractivity contribution in [3.63, 3.8) is 0 Å². The van der Waals surface area contributed by atoms with Crippen molar-refractivity contribution in [2.45, 2.75) is 50.3 Å². The molecule has 250 valence electrons. The molecule has 0 spiro atoms. The molecule has 0 radical (unpaired) electrons. The van der Waals surface area contributed by atoms with Crippen LogP contribution < -0.4 is 14.7 Å². The lowest BCUT2D eigenvalue weighted by Gasteiger charge is -2.31. The van der Waals surface area contributed by atoms with Gasteiger partial charge >= 0.3 is 12.4 Å². The lowest BCUT2D eigenvalue weighted by atomic mass is 10.0. The van der Waals surface area contributed by atoms with Crippen molar-refractivity contribution >= 4 is 29.3 Å². The molecule has 1 atom stereocenters. The van der Waals surface area contributed by atoms with Gasteiger partial charge in [-0.3, -0.25) is 4.68 Å². The number of aliphatic hydroxyl groups is 1. The highest BCUT2D eigenvalue weighted by Gasteiger charge is 2.38. The third-order valence-corrected chi connectivity index (χ3v) is 8.56. The lowest BCUT2D eigenvalue weighted by molar-refractivity contribution is -0.143. The minimum absolute atomic E-state index is 0.113. The first-order valence-electron chi connectivity index (χ1n) is 14.8. The molecule has 0 amide bonds. The Hall–Kier alpha value is -4.18. The van der Waals surface area contributed by atoms with Gasteiger partial charge in [-0.15, -0.1) is 0 Å². The maximum atomic E-state index is 13.7. The maximum absolute atomic E-state index is 13.7. The zero-order valence-electron chi connectivity index (χ0n) is 25.0. The normalized spacial score (nSPS) is 17.9. The van der Waals surface area contributed by atoms with Crippen LogP contribution in [0.3, 0.4) is 0 Å². The Bertz CT molecular complexity index is 1680. The molecule has 2 fully saturated rings. The Morgan fingerprint density at radius 3 is 2.09 bits per heavy atom. The summed E-state index contributed by atoms with van der Waals surface area (Å²) in [5, 5.41) is 14.3. The van der Waals surface area contributed by atoms with E-state index in [1.807, 2.05) is 9.80 Å². The number of rotatable bonds is 7. The topological polar surface area (TPSA) is 99.3 Å². The summed E-state index contributed by atoms with van der Waals surface area (Å²) in [6, 6.07) is 1.13. The standard InChI is InChI=1S/C30H30ClF6N9O/c1-43-16-20(13-41-43)19-11-38-27(39-12-19)46(15-18-8-21(29(32,33)34)10-22(9-18)30(35,36)37)23-2-5-45(17-23)26-25(31)14-40-28(42-26)44-6-3-24(47)4-7-44/h8-14,16,23-24,47H,2-7,15,17H2,1H3/t23-/m0/s1. The number of halogens is 7. The summed E-state index contributed by atoms with van der Waals surface area (Å²) in [6.07, 6.45) is -0.780. The van der Waals surface area contributed by atoms with Crippen LogP contribution in [0, 0.1) is 0 Å². The van der Waals surface area contributed by atoms with Crippen LogP contribution in [0.5, 0.6) is 0 Å². The van der Waals surface area contributed by atoms with E-state index in [2.05, 4.69) is 20.1 Å². The average molecular weight is 682 g/mol. The number of hydrogen-bond acceptors (Lipinski definition) is 9. The van der Waals surface area contributed by atoms with Gasteiger partial charge in [0.15, 0.2) is 5.82 Å². The molecular weight excluding hydrogens is 652 g/mol. The first kappa shape index (κ1) is 32.7. The van der Waals surface area contributed by atoms with Crippen LogP contribution in [0.4, 0.5) is 44.1 Å². The second kappa shape index (κ2) is 12.8. The SMILES string of the molecule is Cn1cc(-c2cnc(N(Cc3cc(C(F)(F)F)cc(C(F)(F)F)c3)[C@H]3CCN(c4nc(N5CCC(O)CC5)ncc4Cl)C3)nc2)cn1. The van der Waals surface area contributed by atoms with Gasteiger partial charge < -0.3 is 19.8 Å². The fourth-order valence-electron chi connectivity index (χ4n) is 5.84. The molecule has 3 aromatic heterocycles. The van der Waals surface area contributed by atoms with E-state index in [0.717, 1.165) is 17.7 Å². The maximum Gasteiger partial charge on any atom is 0.416 e. The number of piperidine rings is 1. The number of aliphatic hydroxyl groups excluding tert-OH is 1. The van der Waals surface area contributed by atoms with Crippen LogP contribution in [-0.2, 0) is 25.9 Å². The second-order valence-corrected chi connectivity index (χ2v) is 12.1. The molecule has 17 heteroatoms. The highest BCUT2D eigenvalue weighted by molar-refractivity contribution is 6.32. The summed E-state index contributed by atoms with van der Waals surface area (Å²) in [5.41, 5.74) is -1.61. The zero-order valence-corrected chi connectivity index (χ0v) is 25.8. The van der Waals surface area contributed by atoms with E-state index < -0.39 is 29.5 Å². The molecule has 4 aromatic rings. The van der Waals surface area contributed by atoms with Crippen molar-refractivity contribution in [2.75, 3.05) is 40.9 Å². The van der Waals surface area contributed by atoms with Gasteiger partial charge in [-0.1, -0.05) is 11.6 Å². The zero-order chi connectivity index (χ0) is 33.5. The van der Waals surface area contributed by atoms with E-state index in [-0.39, 0.29) is 36.8 Å². The van der Waals surface area contributed by atoms with Gasteiger partial charge in [0, 0.05) is 69.5 Å². The van der Waals surface area contributed by atoms with Gasteiger partial charge in [0.1, 0.15) is 5.02 Å². The number of anilines is 3. The van der Waals surface area contributed by atoms with Crippen molar-refractivity contribution < 1.29 is 31.4 Å². The van der Waals surface area contributed by atoms with Crippen molar-refractivity contribution in [3.05, 3.63) is 70.9 Å². The molecule has 1 N–H and O–H groups in total. The fourth-order valence-corrected chi connectivity index (χ4v) is 6.05. The van der Waals surface area contributed by atoms with E-state index >= 15 is 0 Å². The Balaban J connectivity index is 1.32. The number of alkyl halides is 6. The fraction of sp³-hybridized carbons (Fsp3) is 0.433. The van der Waals surface area contributed by atoms with E-state index in [0.29, 0.717) is 61.2 Å². The third-order valence-electron chi connectivity index (χ3n) is 8.30. The Morgan fingerprint density at radius 2 is 1.49 bits per heavy atom. The van der Waals surface area contributed by atoms with Gasteiger partial charge in [0.05, 0.1) is 35.7 Å². The van der Waals surface area contributed by atoms with Crippen molar-refractivity contribution in [2.24, 2.45) is 7.05 Å². The Labute approximate surface area is 270 Å². The highest BCUT2D eigenvalue weighted by Crippen LogP contribution is 2.38. The van der Waals surface area contributed by atoms with Crippen molar-refractivity contribution in [1.29, 1.82) is 0 Å². The monoisotopic (exact) mass is 681 g/mol. The summed E-state index contributed by atoms with van der Waals surface area (Å²) >= 11 is 6.53. The number of aryl methyl sites for hydroxylation is 1. The van der Waals surface area contributed by atoms with Crippen LogP contribution >= 0.6 is 11.6 Å². The van der Waals surface area contributed by atoms with E-state index in [4.69, 9.17) is 16.6 Å². The molecule has 6 rings (SSSR count). The third kappa shape index (κ3) is 7.38. The minimum atomic E-state index is -4.99. The molecule has 2 saturated heterocycles. The summed E-state index contributed by atoms with van der Waals surface area (Å²) < 4.78 is 83.9. The Morgan fingerprint density at radius 1 is 0.851 bits per heavy atom. The highest BCUT2D eigenvalue weighted by atomic mass is 35.5. The van der Waals surface area contributed by atoms with Crippen LogP contribution in [0.1, 0.15) is 36.0 Å². The van der Waals surface area contributed by atoms with Crippen LogP contribution in [0.25, 0.3) is 11.1 Å². The average Bonchev–Trinajstić information content (AvgIpc) is 3.69. The molecule has 0 aliphatic carbocycles. The summed E-state index contributed by atoms with van der Waals surface area (Å²) in [5.74, 6) is 1.04. The molecular formula is C30H30ClF6N9O. The first-order chi connectivity index (χ1) is 22.2. The van der Waals surface area contributed by atoms with E-state index in [1.54, 1.807) is 29.0 Å². The quantitative estimate of drug-likeness (QED) is 0.250. The van der Waals surface area contributed by atoms with Gasteiger partial charge in [-0.2, -0.15) is 36.4 Å². The lowest BCUT2D eigenvalue weighted by Crippen LogP contribution is -2.39. The first-order valence-corrected chi connectivity index (χ1v) is 15.2. The summed E-state index contributed by atoms with van der Waals surface area (Å²) in [6.45, 7) is 1.55. The van der Waals surface area contributed by atoms with E-state index in [1.165, 1.54) is 18.6 Å². The van der Waals surface area contributed by atoms with Crippen molar-refractivity contribution in [1.82, 2.24) is 29.7 Å². The van der Waals surface area contributed by atoms with E-state index in [9.17, 15) is 31.4 Å². The second-order valence-electron chi connectivity index (χ2n) is 11.7. The van der Waals surface area contributed by atoms with Crippen LogP contribution in [0.2, 0.25) is 5.02 Å². The van der Waals surface area contributed by atoms with Gasteiger partial charge in [-0.25, -0.2) is 15.0 Å². The molecule has 47 heavy (non-hydrogen) atoms. The molecule has 2 aliphatic heterocycles. The molecule has 0 saturated carbocycles. The van der Waals surface area contributed by atoms with Crippen LogP contribution in [-0.4, -0.2) is 73.1 Å². The van der Waals surface area contributed by atoms with Crippen LogP contribution in [0.15, 0.2) is 49.2 Å².